The van der Waals surface area contributed by atoms with Gasteiger partial charge in [-0.1, -0.05) is 30.3 Å². The second-order valence-corrected chi connectivity index (χ2v) is 5.75. The molecule has 3 N–H and O–H groups in total. The number of amides is 1. The van der Waals surface area contributed by atoms with Gasteiger partial charge in [0, 0.05) is 5.39 Å². The Morgan fingerprint density at radius 3 is 2.33 bits per heavy atom. The van der Waals surface area contributed by atoms with Gasteiger partial charge in [0.1, 0.15) is 5.60 Å². The highest BCUT2D eigenvalue weighted by atomic mass is 16.6. The summed E-state index contributed by atoms with van der Waals surface area (Å²) in [6.07, 6.45) is -0.551. The minimum atomic E-state index is -1.56. The SMILES string of the molecule is CC(C)(C)OC(=O)Nc1cccc2c(B(O)O)cccc12. The smallest absolute Gasteiger partial charge is 0.444 e. The number of fused-ring (bicyclic) bond motifs is 1. The number of ether oxygens (including phenoxy) is 1. The molecule has 0 radical (unpaired) electrons. The summed E-state index contributed by atoms with van der Waals surface area (Å²) in [6, 6.07) is 10.4. The molecular weight excluding hydrogens is 269 g/mol. The summed E-state index contributed by atoms with van der Waals surface area (Å²) in [5.74, 6) is 0. The van der Waals surface area contributed by atoms with Crippen LogP contribution in [0.15, 0.2) is 36.4 Å². The Bertz CT molecular complexity index is 664. The molecule has 0 heterocycles. The van der Waals surface area contributed by atoms with Crippen molar-refractivity contribution in [2.75, 3.05) is 5.32 Å². The first-order valence-electron chi connectivity index (χ1n) is 6.66. The Kier molecular flexibility index (Phi) is 4.20. The van der Waals surface area contributed by atoms with Gasteiger partial charge in [-0.2, -0.15) is 0 Å². The van der Waals surface area contributed by atoms with Crippen LogP contribution in [-0.4, -0.2) is 28.9 Å². The molecule has 0 aromatic heterocycles. The van der Waals surface area contributed by atoms with Gasteiger partial charge in [-0.3, -0.25) is 5.32 Å². The van der Waals surface area contributed by atoms with Crippen LogP contribution in [0.3, 0.4) is 0 Å². The summed E-state index contributed by atoms with van der Waals surface area (Å²) in [5, 5.41) is 22.8. The highest BCUT2D eigenvalue weighted by Gasteiger charge is 2.18. The molecule has 2 aromatic rings. The Balaban J connectivity index is 2.37. The van der Waals surface area contributed by atoms with Crippen LogP contribution >= 0.6 is 0 Å². The molecule has 2 rings (SSSR count). The molecular formula is C15H18BNO4. The fourth-order valence-corrected chi connectivity index (χ4v) is 2.08. The molecule has 2 aromatic carbocycles. The molecule has 21 heavy (non-hydrogen) atoms. The molecule has 0 aliphatic heterocycles. The number of carbonyl (C=O) groups is 1. The number of hydrogen-bond donors (Lipinski definition) is 3. The third kappa shape index (κ3) is 3.74. The summed E-state index contributed by atoms with van der Waals surface area (Å²) in [4.78, 5) is 11.9. The Morgan fingerprint density at radius 1 is 1.10 bits per heavy atom. The summed E-state index contributed by atoms with van der Waals surface area (Å²) >= 11 is 0. The molecule has 1 amide bonds. The van der Waals surface area contributed by atoms with Crippen molar-refractivity contribution in [2.24, 2.45) is 0 Å². The molecule has 0 atom stereocenters. The van der Waals surface area contributed by atoms with Crippen LogP contribution in [0.2, 0.25) is 0 Å². The first-order valence-corrected chi connectivity index (χ1v) is 6.66. The third-order valence-electron chi connectivity index (χ3n) is 2.87. The number of anilines is 1. The predicted octanol–water partition coefficient (Wildman–Crippen LogP) is 1.87. The zero-order valence-corrected chi connectivity index (χ0v) is 12.3. The molecule has 0 unspecified atom stereocenters. The van der Waals surface area contributed by atoms with E-state index in [9.17, 15) is 14.8 Å². The first-order chi connectivity index (χ1) is 9.78. The Hall–Kier alpha value is -2.05. The van der Waals surface area contributed by atoms with Gasteiger partial charge in [-0.05, 0) is 37.7 Å². The average molecular weight is 287 g/mol. The maximum atomic E-state index is 11.9. The maximum absolute atomic E-state index is 11.9. The summed E-state index contributed by atoms with van der Waals surface area (Å²) < 4.78 is 5.22. The molecule has 0 saturated heterocycles. The predicted molar refractivity (Wildman–Crippen MR) is 83.6 cm³/mol. The fourth-order valence-electron chi connectivity index (χ4n) is 2.08. The van der Waals surface area contributed by atoms with E-state index < -0.39 is 18.8 Å². The van der Waals surface area contributed by atoms with Gasteiger partial charge >= 0.3 is 13.2 Å². The highest BCUT2D eigenvalue weighted by molar-refractivity contribution is 6.62. The largest absolute Gasteiger partial charge is 0.489 e. The minimum Gasteiger partial charge on any atom is -0.444 e. The molecule has 0 bridgehead atoms. The molecule has 0 spiro atoms. The lowest BCUT2D eigenvalue weighted by atomic mass is 9.77. The van der Waals surface area contributed by atoms with Crippen LogP contribution in [0.1, 0.15) is 20.8 Å². The van der Waals surface area contributed by atoms with Crippen LogP contribution in [0.25, 0.3) is 10.8 Å². The molecule has 0 aliphatic rings. The van der Waals surface area contributed by atoms with E-state index in [1.807, 2.05) is 0 Å². The summed E-state index contributed by atoms with van der Waals surface area (Å²) in [7, 11) is -1.56. The van der Waals surface area contributed by atoms with Crippen molar-refractivity contribution in [3.8, 4) is 0 Å². The van der Waals surface area contributed by atoms with Crippen molar-refractivity contribution in [3.63, 3.8) is 0 Å². The van der Waals surface area contributed by atoms with Crippen LogP contribution in [0.5, 0.6) is 0 Å². The molecule has 6 heteroatoms. The van der Waals surface area contributed by atoms with Crippen molar-refractivity contribution < 1.29 is 19.6 Å². The fraction of sp³-hybridized carbons (Fsp3) is 0.267. The Labute approximate surface area is 123 Å². The van der Waals surface area contributed by atoms with Gasteiger partial charge < -0.3 is 14.8 Å². The maximum Gasteiger partial charge on any atom is 0.489 e. The van der Waals surface area contributed by atoms with E-state index >= 15 is 0 Å². The second-order valence-electron chi connectivity index (χ2n) is 5.75. The quantitative estimate of drug-likeness (QED) is 0.737. The first kappa shape index (κ1) is 15.3. The van der Waals surface area contributed by atoms with E-state index in [-0.39, 0.29) is 0 Å². The standard InChI is InChI=1S/C15H18BNO4/c1-15(2,3)21-14(18)17-13-9-5-6-10-11(13)7-4-8-12(10)16(19)20/h4-9,19-20H,1-3H3,(H,17,18). The second kappa shape index (κ2) is 5.75. The van der Waals surface area contributed by atoms with E-state index in [1.54, 1.807) is 57.2 Å². The lowest BCUT2D eigenvalue weighted by molar-refractivity contribution is 0.0636. The normalized spacial score (nSPS) is 11.3. The lowest BCUT2D eigenvalue weighted by Crippen LogP contribution is -2.30. The topological polar surface area (TPSA) is 78.8 Å². The monoisotopic (exact) mass is 287 g/mol. The number of nitrogens with one attached hydrogen (secondary N) is 1. The van der Waals surface area contributed by atoms with Gasteiger partial charge in [-0.15, -0.1) is 0 Å². The molecule has 0 saturated carbocycles. The highest BCUT2D eigenvalue weighted by Crippen LogP contribution is 2.23. The molecule has 110 valence electrons. The summed E-state index contributed by atoms with van der Waals surface area (Å²) in [6.45, 7) is 5.36. The van der Waals surface area contributed by atoms with E-state index in [0.29, 0.717) is 21.9 Å². The van der Waals surface area contributed by atoms with Crippen molar-refractivity contribution in [1.82, 2.24) is 0 Å². The van der Waals surface area contributed by atoms with Crippen LogP contribution in [0.4, 0.5) is 10.5 Å². The van der Waals surface area contributed by atoms with Crippen molar-refractivity contribution in [1.29, 1.82) is 0 Å². The van der Waals surface area contributed by atoms with E-state index in [0.717, 1.165) is 0 Å². The summed E-state index contributed by atoms with van der Waals surface area (Å²) in [5.41, 5.74) is 0.366. The van der Waals surface area contributed by atoms with Gasteiger partial charge in [0.05, 0.1) is 5.69 Å². The van der Waals surface area contributed by atoms with Gasteiger partial charge in [0.15, 0.2) is 0 Å². The third-order valence-corrected chi connectivity index (χ3v) is 2.87. The van der Waals surface area contributed by atoms with Crippen LogP contribution in [0, 0.1) is 0 Å². The van der Waals surface area contributed by atoms with Crippen molar-refractivity contribution in [3.05, 3.63) is 36.4 Å². The van der Waals surface area contributed by atoms with Gasteiger partial charge in [0.25, 0.3) is 0 Å². The van der Waals surface area contributed by atoms with E-state index in [1.165, 1.54) is 0 Å². The lowest BCUT2D eigenvalue weighted by Gasteiger charge is -2.20. The minimum absolute atomic E-state index is 0.389. The van der Waals surface area contributed by atoms with Crippen molar-refractivity contribution in [2.45, 2.75) is 26.4 Å². The average Bonchev–Trinajstić information content (AvgIpc) is 2.36. The van der Waals surface area contributed by atoms with Crippen LogP contribution in [-0.2, 0) is 4.74 Å². The molecule has 5 nitrogen and oxygen atoms in total. The number of benzene rings is 2. The zero-order valence-electron chi connectivity index (χ0n) is 12.3. The van der Waals surface area contributed by atoms with Gasteiger partial charge in [0.2, 0.25) is 0 Å². The zero-order chi connectivity index (χ0) is 15.6. The number of carbonyl (C=O) groups excluding carboxylic acids is 1. The molecule has 0 fully saturated rings. The van der Waals surface area contributed by atoms with Crippen LogP contribution < -0.4 is 10.8 Å². The molecule has 0 aliphatic carbocycles. The van der Waals surface area contributed by atoms with Crippen molar-refractivity contribution >= 4 is 35.1 Å². The van der Waals surface area contributed by atoms with E-state index in [2.05, 4.69) is 5.32 Å². The van der Waals surface area contributed by atoms with E-state index in [4.69, 9.17) is 4.74 Å². The van der Waals surface area contributed by atoms with Gasteiger partial charge in [-0.25, -0.2) is 4.79 Å². The number of hydrogen-bond acceptors (Lipinski definition) is 4. The number of rotatable bonds is 2. The Morgan fingerprint density at radius 2 is 1.71 bits per heavy atom.